The van der Waals surface area contributed by atoms with Gasteiger partial charge < -0.3 is 5.73 Å². The number of primary amides is 1. The molecule has 3 N–H and O–H groups in total. The minimum absolute atomic E-state index is 0.0565. The maximum atomic E-state index is 12.2. The monoisotopic (exact) mass is 344 g/mol. The first-order valence-electron chi connectivity index (χ1n) is 5.67. The van der Waals surface area contributed by atoms with E-state index in [0.717, 1.165) is 0 Å². The predicted octanol–water partition coefficient (Wildman–Crippen LogP) is 2.89. The molecular weight excluding hydrogens is 335 g/mol. The summed E-state index contributed by atoms with van der Waals surface area (Å²) in [5.74, 6) is -0.592. The molecule has 1 amide bonds. The number of benzene rings is 2. The molecule has 0 aliphatic rings. The first-order chi connectivity index (χ1) is 9.78. The first-order valence-corrected chi connectivity index (χ1v) is 7.90. The molecule has 0 unspecified atom stereocenters. The molecule has 0 aliphatic heterocycles. The fraction of sp³-hybridized carbons (Fsp3) is 0. The maximum absolute atomic E-state index is 12.2. The summed E-state index contributed by atoms with van der Waals surface area (Å²) in [6.45, 7) is 0. The van der Waals surface area contributed by atoms with Crippen LogP contribution in [-0.2, 0) is 10.0 Å². The molecular formula is C13H10Cl2N2O3S. The van der Waals surface area contributed by atoms with Gasteiger partial charge in [0, 0.05) is 21.3 Å². The fourth-order valence-corrected chi connectivity index (χ4v) is 3.38. The highest BCUT2D eigenvalue weighted by Gasteiger charge is 2.16. The largest absolute Gasteiger partial charge is 0.366 e. The third kappa shape index (κ3) is 3.87. The van der Waals surface area contributed by atoms with Crippen LogP contribution < -0.4 is 10.5 Å². The summed E-state index contributed by atoms with van der Waals surface area (Å²) >= 11 is 11.6. The average Bonchev–Trinajstić information content (AvgIpc) is 2.37. The van der Waals surface area contributed by atoms with E-state index in [9.17, 15) is 13.2 Å². The van der Waals surface area contributed by atoms with Crippen molar-refractivity contribution in [1.29, 1.82) is 0 Å². The van der Waals surface area contributed by atoms with E-state index < -0.39 is 15.9 Å². The number of hydrogen-bond donors (Lipinski definition) is 2. The van der Waals surface area contributed by atoms with Crippen LogP contribution in [0.2, 0.25) is 10.0 Å². The second-order valence-electron chi connectivity index (χ2n) is 4.15. The summed E-state index contributed by atoms with van der Waals surface area (Å²) in [6, 6.07) is 9.72. The molecule has 0 atom stereocenters. The lowest BCUT2D eigenvalue weighted by molar-refractivity contribution is 0.100. The van der Waals surface area contributed by atoms with E-state index in [0.29, 0.717) is 0 Å². The lowest BCUT2D eigenvalue weighted by Crippen LogP contribution is -2.14. The van der Waals surface area contributed by atoms with E-state index in [1.807, 2.05) is 0 Å². The summed E-state index contributed by atoms with van der Waals surface area (Å²) in [7, 11) is -3.83. The Morgan fingerprint density at radius 2 is 1.52 bits per heavy atom. The molecule has 0 spiro atoms. The van der Waals surface area contributed by atoms with E-state index >= 15 is 0 Å². The average molecular weight is 345 g/mol. The van der Waals surface area contributed by atoms with Gasteiger partial charge in [-0.25, -0.2) is 8.42 Å². The Hall–Kier alpha value is -1.76. The number of nitrogens with two attached hydrogens (primary N) is 1. The van der Waals surface area contributed by atoms with Crippen LogP contribution >= 0.6 is 23.2 Å². The standard InChI is InChI=1S/C13H10Cl2N2O3S/c14-9-5-10(15)7-12(6-9)21(19,20)17-11-3-1-8(2-4-11)13(16)18/h1-7,17H,(H2,16,18). The molecule has 0 radical (unpaired) electrons. The molecule has 0 saturated carbocycles. The van der Waals surface area contributed by atoms with Crippen molar-refractivity contribution in [1.82, 2.24) is 0 Å². The Kier molecular flexibility index (Phi) is 4.41. The predicted molar refractivity (Wildman–Crippen MR) is 82.2 cm³/mol. The maximum Gasteiger partial charge on any atom is 0.261 e. The Labute approximate surface area is 131 Å². The zero-order valence-corrected chi connectivity index (χ0v) is 12.8. The molecule has 2 aromatic rings. The molecule has 0 heterocycles. The number of halogens is 2. The number of carbonyl (C=O) groups excluding carboxylic acids is 1. The van der Waals surface area contributed by atoms with Gasteiger partial charge in [-0.2, -0.15) is 0 Å². The second kappa shape index (κ2) is 5.93. The second-order valence-corrected chi connectivity index (χ2v) is 6.71. The topological polar surface area (TPSA) is 89.3 Å². The Balaban J connectivity index is 2.30. The van der Waals surface area contributed by atoms with Crippen molar-refractivity contribution >= 4 is 44.8 Å². The van der Waals surface area contributed by atoms with E-state index in [-0.39, 0.29) is 26.2 Å². The Bertz CT molecular complexity index is 769. The lowest BCUT2D eigenvalue weighted by Gasteiger charge is -2.09. The fourth-order valence-electron chi connectivity index (χ4n) is 1.60. The van der Waals surface area contributed by atoms with E-state index in [1.54, 1.807) is 0 Å². The zero-order valence-electron chi connectivity index (χ0n) is 10.5. The van der Waals surface area contributed by atoms with Gasteiger partial charge in [0.15, 0.2) is 0 Å². The minimum atomic E-state index is -3.83. The van der Waals surface area contributed by atoms with Crippen LogP contribution in [0, 0.1) is 0 Å². The Morgan fingerprint density at radius 1 is 1.00 bits per heavy atom. The van der Waals surface area contributed by atoms with Crippen LogP contribution in [0.25, 0.3) is 0 Å². The number of sulfonamides is 1. The van der Waals surface area contributed by atoms with E-state index in [1.165, 1.54) is 42.5 Å². The third-order valence-electron chi connectivity index (χ3n) is 2.57. The zero-order chi connectivity index (χ0) is 15.6. The van der Waals surface area contributed by atoms with Gasteiger partial charge in [-0.15, -0.1) is 0 Å². The molecule has 2 aromatic carbocycles. The van der Waals surface area contributed by atoms with Crippen LogP contribution in [0.3, 0.4) is 0 Å². The molecule has 2 rings (SSSR count). The minimum Gasteiger partial charge on any atom is -0.366 e. The first kappa shape index (κ1) is 15.6. The molecule has 0 fully saturated rings. The van der Waals surface area contributed by atoms with Crippen molar-refractivity contribution in [2.45, 2.75) is 4.90 Å². The highest BCUT2D eigenvalue weighted by molar-refractivity contribution is 7.92. The van der Waals surface area contributed by atoms with Gasteiger partial charge in [0.05, 0.1) is 4.90 Å². The van der Waals surface area contributed by atoms with Crippen molar-refractivity contribution in [3.05, 3.63) is 58.1 Å². The third-order valence-corrected chi connectivity index (χ3v) is 4.37. The van der Waals surface area contributed by atoms with Crippen LogP contribution in [0.5, 0.6) is 0 Å². The molecule has 0 saturated heterocycles. The summed E-state index contributed by atoms with van der Waals surface area (Å²) in [6.07, 6.45) is 0. The number of rotatable bonds is 4. The van der Waals surface area contributed by atoms with Gasteiger partial charge in [0.25, 0.3) is 10.0 Å². The van der Waals surface area contributed by atoms with Crippen molar-refractivity contribution in [3.8, 4) is 0 Å². The van der Waals surface area contributed by atoms with Gasteiger partial charge in [0.2, 0.25) is 5.91 Å². The summed E-state index contributed by atoms with van der Waals surface area (Å²) in [5.41, 5.74) is 5.68. The molecule has 5 nitrogen and oxygen atoms in total. The smallest absolute Gasteiger partial charge is 0.261 e. The highest BCUT2D eigenvalue weighted by Crippen LogP contribution is 2.24. The van der Waals surface area contributed by atoms with Crippen molar-refractivity contribution < 1.29 is 13.2 Å². The van der Waals surface area contributed by atoms with Crippen molar-refractivity contribution in [2.24, 2.45) is 5.73 Å². The molecule has 0 aromatic heterocycles. The molecule has 21 heavy (non-hydrogen) atoms. The van der Waals surface area contributed by atoms with Gasteiger partial charge in [-0.1, -0.05) is 23.2 Å². The van der Waals surface area contributed by atoms with Crippen LogP contribution in [0.1, 0.15) is 10.4 Å². The summed E-state index contributed by atoms with van der Waals surface area (Å²) in [4.78, 5) is 10.9. The van der Waals surface area contributed by atoms with Crippen molar-refractivity contribution in [2.75, 3.05) is 4.72 Å². The molecule has 110 valence electrons. The van der Waals surface area contributed by atoms with Gasteiger partial charge >= 0.3 is 0 Å². The van der Waals surface area contributed by atoms with E-state index in [2.05, 4.69) is 4.72 Å². The molecule has 0 aliphatic carbocycles. The van der Waals surface area contributed by atoms with Crippen LogP contribution in [-0.4, -0.2) is 14.3 Å². The normalized spacial score (nSPS) is 11.1. The molecule has 8 heteroatoms. The number of nitrogens with one attached hydrogen (secondary N) is 1. The SMILES string of the molecule is NC(=O)c1ccc(NS(=O)(=O)c2cc(Cl)cc(Cl)c2)cc1. The van der Waals surface area contributed by atoms with Gasteiger partial charge in [-0.05, 0) is 42.5 Å². The van der Waals surface area contributed by atoms with Gasteiger partial charge in [-0.3, -0.25) is 9.52 Å². The van der Waals surface area contributed by atoms with Crippen LogP contribution in [0.15, 0.2) is 47.4 Å². The summed E-state index contributed by atoms with van der Waals surface area (Å²) < 4.78 is 26.8. The molecule has 0 bridgehead atoms. The van der Waals surface area contributed by atoms with E-state index in [4.69, 9.17) is 28.9 Å². The lowest BCUT2D eigenvalue weighted by atomic mass is 10.2. The van der Waals surface area contributed by atoms with Gasteiger partial charge in [0.1, 0.15) is 0 Å². The number of carbonyl (C=O) groups is 1. The summed E-state index contributed by atoms with van der Waals surface area (Å²) in [5, 5.41) is 0.430. The quantitative estimate of drug-likeness (QED) is 0.893. The van der Waals surface area contributed by atoms with Crippen molar-refractivity contribution in [3.63, 3.8) is 0 Å². The number of amides is 1. The Morgan fingerprint density at radius 3 is 2.00 bits per heavy atom. The highest BCUT2D eigenvalue weighted by atomic mass is 35.5. The number of hydrogen-bond acceptors (Lipinski definition) is 3. The number of anilines is 1. The van der Waals surface area contributed by atoms with Crippen LogP contribution in [0.4, 0.5) is 5.69 Å².